The fourth-order valence-electron chi connectivity index (χ4n) is 1.60. The number of anilines is 1. The second-order valence-corrected chi connectivity index (χ2v) is 4.76. The number of halogens is 1. The molecule has 0 unspecified atom stereocenters. The summed E-state index contributed by atoms with van der Waals surface area (Å²) < 4.78 is 5.93. The minimum absolute atomic E-state index is 0.193. The molecular weight excluding hydrogens is 310 g/mol. The highest BCUT2D eigenvalue weighted by Gasteiger charge is 2.13. The molecule has 5 nitrogen and oxygen atoms in total. The summed E-state index contributed by atoms with van der Waals surface area (Å²) >= 11 is 3.32. The second-order valence-electron chi connectivity index (χ2n) is 3.84. The molecule has 2 aromatic heterocycles. The molecule has 2 rings (SSSR count). The monoisotopic (exact) mass is 323 g/mol. The van der Waals surface area contributed by atoms with Crippen LogP contribution in [0.25, 0.3) is 0 Å². The summed E-state index contributed by atoms with van der Waals surface area (Å²) in [5.74, 6) is 1.09. The van der Waals surface area contributed by atoms with Crippen LogP contribution in [0.1, 0.15) is 23.0 Å². The van der Waals surface area contributed by atoms with Gasteiger partial charge in [-0.2, -0.15) is 0 Å². The Morgan fingerprint density at radius 2 is 2.37 bits per heavy atom. The number of carbonyl (C=O) groups is 1. The lowest BCUT2D eigenvalue weighted by atomic mass is 10.2. The van der Waals surface area contributed by atoms with Gasteiger partial charge in [-0.05, 0) is 41.1 Å². The number of hydrogen-bond acceptors (Lipinski definition) is 4. The van der Waals surface area contributed by atoms with Gasteiger partial charge in [0.05, 0.1) is 18.4 Å². The third-order valence-corrected chi connectivity index (χ3v) is 2.88. The van der Waals surface area contributed by atoms with E-state index in [0.717, 1.165) is 4.47 Å². The second kappa shape index (κ2) is 6.38. The van der Waals surface area contributed by atoms with E-state index in [1.807, 2.05) is 13.0 Å². The highest BCUT2D eigenvalue weighted by Crippen LogP contribution is 2.18. The van der Waals surface area contributed by atoms with Gasteiger partial charge in [-0.1, -0.05) is 0 Å². The molecule has 0 aromatic carbocycles. The first kappa shape index (κ1) is 13.6. The van der Waals surface area contributed by atoms with Gasteiger partial charge in [0, 0.05) is 17.2 Å². The quantitative estimate of drug-likeness (QED) is 0.887. The predicted octanol–water partition coefficient (Wildman–Crippen LogP) is 2.80. The molecule has 2 aromatic rings. The van der Waals surface area contributed by atoms with Crippen LogP contribution in [0.15, 0.2) is 39.5 Å². The third kappa shape index (κ3) is 3.57. The lowest BCUT2D eigenvalue weighted by Crippen LogP contribution is -2.24. The van der Waals surface area contributed by atoms with Gasteiger partial charge in [0.1, 0.15) is 11.6 Å². The van der Waals surface area contributed by atoms with E-state index >= 15 is 0 Å². The summed E-state index contributed by atoms with van der Waals surface area (Å²) in [4.78, 5) is 16.3. The highest BCUT2D eigenvalue weighted by atomic mass is 79.9. The van der Waals surface area contributed by atoms with Crippen LogP contribution in [0, 0.1) is 0 Å². The summed E-state index contributed by atoms with van der Waals surface area (Å²) in [6.45, 7) is 3.01. The van der Waals surface area contributed by atoms with Crippen molar-refractivity contribution in [3.8, 4) is 0 Å². The fourth-order valence-corrected chi connectivity index (χ4v) is 1.93. The molecule has 2 N–H and O–H groups in total. The van der Waals surface area contributed by atoms with Crippen LogP contribution in [0.3, 0.4) is 0 Å². The molecule has 2 heterocycles. The van der Waals surface area contributed by atoms with E-state index in [1.165, 1.54) is 0 Å². The Labute approximate surface area is 119 Å². The Balaban J connectivity index is 2.11. The van der Waals surface area contributed by atoms with Gasteiger partial charge in [0.25, 0.3) is 5.91 Å². The lowest BCUT2D eigenvalue weighted by molar-refractivity contribution is 0.0948. The number of aromatic nitrogens is 1. The average molecular weight is 324 g/mol. The number of rotatable bonds is 5. The Morgan fingerprint density at radius 3 is 3.05 bits per heavy atom. The van der Waals surface area contributed by atoms with Crippen molar-refractivity contribution in [1.82, 2.24) is 10.3 Å². The summed E-state index contributed by atoms with van der Waals surface area (Å²) in [5, 5.41) is 5.86. The van der Waals surface area contributed by atoms with Crippen molar-refractivity contribution in [3.63, 3.8) is 0 Å². The van der Waals surface area contributed by atoms with E-state index in [9.17, 15) is 4.79 Å². The Bertz CT molecular complexity index is 555. The first-order valence-corrected chi connectivity index (χ1v) is 6.70. The van der Waals surface area contributed by atoms with E-state index in [1.54, 1.807) is 24.6 Å². The number of amides is 1. The van der Waals surface area contributed by atoms with Crippen molar-refractivity contribution < 1.29 is 9.21 Å². The number of pyridine rings is 1. The molecule has 0 fully saturated rings. The molecule has 0 atom stereocenters. The van der Waals surface area contributed by atoms with Crippen molar-refractivity contribution in [2.75, 3.05) is 11.9 Å². The molecule has 6 heteroatoms. The van der Waals surface area contributed by atoms with Gasteiger partial charge >= 0.3 is 0 Å². The first-order valence-electron chi connectivity index (χ1n) is 5.90. The maximum atomic E-state index is 12.1. The maximum absolute atomic E-state index is 12.1. The standard InChI is InChI=1S/C13H14BrN3O2/c1-2-15-12-11(6-9(14)7-16-12)13(18)17-8-10-4-3-5-19-10/h3-7H,2,8H2,1H3,(H,15,16)(H,17,18). The van der Waals surface area contributed by atoms with Crippen molar-refractivity contribution in [2.24, 2.45) is 0 Å². The zero-order chi connectivity index (χ0) is 13.7. The average Bonchev–Trinajstić information content (AvgIpc) is 2.91. The number of nitrogens with zero attached hydrogens (tertiary/aromatic N) is 1. The summed E-state index contributed by atoms with van der Waals surface area (Å²) in [6.07, 6.45) is 3.23. The molecule has 0 aliphatic rings. The molecule has 100 valence electrons. The van der Waals surface area contributed by atoms with E-state index in [4.69, 9.17) is 4.42 Å². The summed E-state index contributed by atoms with van der Waals surface area (Å²) in [5.41, 5.74) is 0.503. The van der Waals surface area contributed by atoms with Crippen LogP contribution in [0.4, 0.5) is 5.82 Å². The molecule has 0 bridgehead atoms. The lowest BCUT2D eigenvalue weighted by Gasteiger charge is -2.10. The van der Waals surface area contributed by atoms with E-state index < -0.39 is 0 Å². The van der Waals surface area contributed by atoms with Gasteiger partial charge in [-0.15, -0.1) is 0 Å². The molecule has 0 radical (unpaired) electrons. The van der Waals surface area contributed by atoms with Gasteiger partial charge < -0.3 is 15.1 Å². The summed E-state index contributed by atoms with van der Waals surface area (Å²) in [6, 6.07) is 5.33. The summed E-state index contributed by atoms with van der Waals surface area (Å²) in [7, 11) is 0. The van der Waals surface area contributed by atoms with Crippen LogP contribution in [-0.2, 0) is 6.54 Å². The zero-order valence-electron chi connectivity index (χ0n) is 10.4. The molecule has 0 aliphatic heterocycles. The van der Waals surface area contributed by atoms with Gasteiger partial charge in [0.2, 0.25) is 0 Å². The third-order valence-electron chi connectivity index (χ3n) is 2.45. The van der Waals surface area contributed by atoms with Crippen molar-refractivity contribution in [2.45, 2.75) is 13.5 Å². The maximum Gasteiger partial charge on any atom is 0.255 e. The van der Waals surface area contributed by atoms with Crippen LogP contribution in [-0.4, -0.2) is 17.4 Å². The number of furan rings is 1. The minimum atomic E-state index is -0.193. The largest absolute Gasteiger partial charge is 0.467 e. The van der Waals surface area contributed by atoms with Crippen LogP contribution in [0.5, 0.6) is 0 Å². The highest BCUT2D eigenvalue weighted by molar-refractivity contribution is 9.10. The molecule has 19 heavy (non-hydrogen) atoms. The molecule has 0 spiro atoms. The number of carbonyl (C=O) groups excluding carboxylic acids is 1. The number of hydrogen-bond donors (Lipinski definition) is 2. The normalized spacial score (nSPS) is 10.2. The van der Waals surface area contributed by atoms with Crippen molar-refractivity contribution >= 4 is 27.7 Å². The Kier molecular flexibility index (Phi) is 4.57. The van der Waals surface area contributed by atoms with Crippen molar-refractivity contribution in [1.29, 1.82) is 0 Å². The van der Waals surface area contributed by atoms with Gasteiger partial charge in [-0.25, -0.2) is 4.98 Å². The minimum Gasteiger partial charge on any atom is -0.467 e. The molecule has 1 amide bonds. The molecule has 0 aliphatic carbocycles. The van der Waals surface area contributed by atoms with E-state index in [2.05, 4.69) is 31.5 Å². The predicted molar refractivity (Wildman–Crippen MR) is 76.0 cm³/mol. The van der Waals surface area contributed by atoms with Gasteiger partial charge in [0.15, 0.2) is 0 Å². The van der Waals surface area contributed by atoms with Crippen LogP contribution < -0.4 is 10.6 Å². The van der Waals surface area contributed by atoms with E-state index in [0.29, 0.717) is 30.2 Å². The zero-order valence-corrected chi connectivity index (χ0v) is 12.0. The topological polar surface area (TPSA) is 67.2 Å². The number of nitrogens with one attached hydrogen (secondary N) is 2. The van der Waals surface area contributed by atoms with E-state index in [-0.39, 0.29) is 5.91 Å². The Morgan fingerprint density at radius 1 is 1.53 bits per heavy atom. The Hall–Kier alpha value is -1.82. The smallest absolute Gasteiger partial charge is 0.255 e. The molecule has 0 saturated carbocycles. The molecule has 0 saturated heterocycles. The van der Waals surface area contributed by atoms with Crippen LogP contribution in [0.2, 0.25) is 0 Å². The van der Waals surface area contributed by atoms with Gasteiger partial charge in [-0.3, -0.25) is 4.79 Å². The first-order chi connectivity index (χ1) is 9.20. The van der Waals surface area contributed by atoms with Crippen LogP contribution >= 0.6 is 15.9 Å². The molecular formula is C13H14BrN3O2. The van der Waals surface area contributed by atoms with Crippen molar-refractivity contribution in [3.05, 3.63) is 46.5 Å². The fraction of sp³-hybridized carbons (Fsp3) is 0.231. The SMILES string of the molecule is CCNc1ncc(Br)cc1C(=O)NCc1ccco1.